The first kappa shape index (κ1) is 34.9. The lowest BCUT2D eigenvalue weighted by atomic mass is 9.70. The van der Waals surface area contributed by atoms with Crippen LogP contribution in [-0.4, -0.2) is 18.2 Å². The Bertz CT molecular complexity index is 2250. The molecule has 3 heteroatoms. The number of rotatable bonds is 14. The minimum atomic E-state index is -0.469. The maximum atomic E-state index is 6.71. The Morgan fingerprint density at radius 2 is 1.09 bits per heavy atom. The highest BCUT2D eigenvalue weighted by atomic mass is 16.5. The molecule has 0 radical (unpaired) electrons. The first-order chi connectivity index (χ1) is 26.0. The monoisotopic (exact) mass is 697 g/mol. The number of fused-ring (bicyclic) bond motifs is 10. The predicted octanol–water partition coefficient (Wildman–Crippen LogP) is 13.3. The molecule has 2 aliphatic rings. The third-order valence-electron chi connectivity index (χ3n) is 11.5. The second-order valence-electron chi connectivity index (χ2n) is 15.0. The van der Waals surface area contributed by atoms with Crippen LogP contribution in [0.15, 0.2) is 115 Å². The Labute approximate surface area is 316 Å². The van der Waals surface area contributed by atoms with Crippen molar-refractivity contribution in [2.45, 2.75) is 84.5 Å². The molecular formula is C50H51NO2. The molecule has 2 aliphatic carbocycles. The second-order valence-corrected chi connectivity index (χ2v) is 15.0. The van der Waals surface area contributed by atoms with Crippen molar-refractivity contribution < 1.29 is 9.47 Å². The van der Waals surface area contributed by atoms with Crippen molar-refractivity contribution in [2.24, 2.45) is 0 Å². The number of benzene rings is 5. The summed E-state index contributed by atoms with van der Waals surface area (Å²) in [5.74, 6) is 1.73. The van der Waals surface area contributed by atoms with E-state index in [-0.39, 0.29) is 0 Å². The third-order valence-corrected chi connectivity index (χ3v) is 11.5. The van der Waals surface area contributed by atoms with Crippen LogP contribution in [0.5, 0.6) is 11.5 Å². The van der Waals surface area contributed by atoms with Crippen LogP contribution >= 0.6 is 0 Å². The van der Waals surface area contributed by atoms with Crippen molar-refractivity contribution in [3.8, 4) is 56.1 Å². The molecule has 1 aromatic heterocycles. The quantitative estimate of drug-likeness (QED) is 0.106. The first-order valence-corrected chi connectivity index (χ1v) is 19.9. The van der Waals surface area contributed by atoms with Crippen molar-refractivity contribution in [1.82, 2.24) is 4.98 Å². The number of hydrogen-bond donors (Lipinski definition) is 0. The van der Waals surface area contributed by atoms with Crippen molar-refractivity contribution in [2.75, 3.05) is 13.2 Å². The molecule has 8 rings (SSSR count). The molecule has 0 saturated carbocycles. The lowest BCUT2D eigenvalue weighted by Crippen LogP contribution is -2.26. The Balaban J connectivity index is 1.30. The van der Waals surface area contributed by atoms with Crippen LogP contribution in [0.4, 0.5) is 0 Å². The van der Waals surface area contributed by atoms with Crippen molar-refractivity contribution in [1.29, 1.82) is 0 Å². The van der Waals surface area contributed by atoms with Gasteiger partial charge in [-0.05, 0) is 130 Å². The highest BCUT2D eigenvalue weighted by Crippen LogP contribution is 2.64. The SMILES string of the molecule is CCCCCCOc1cc2c(cc1OCCCCCC)C1(c3ccccc3-c3cc(-c4cccc(-c5ccccn5)c4)ccc31)c1cc(C)c(C)cc1-2. The van der Waals surface area contributed by atoms with Gasteiger partial charge in [0.25, 0.3) is 0 Å². The minimum absolute atomic E-state index is 0.469. The summed E-state index contributed by atoms with van der Waals surface area (Å²) in [6.07, 6.45) is 11.2. The molecule has 3 nitrogen and oxygen atoms in total. The van der Waals surface area contributed by atoms with Crippen LogP contribution in [-0.2, 0) is 5.41 Å². The fraction of sp³-hybridized carbons (Fsp3) is 0.300. The summed E-state index contributed by atoms with van der Waals surface area (Å²) < 4.78 is 13.3. The van der Waals surface area contributed by atoms with Gasteiger partial charge in [-0.15, -0.1) is 0 Å². The van der Waals surface area contributed by atoms with Gasteiger partial charge in [-0.1, -0.05) is 125 Å². The fourth-order valence-corrected chi connectivity index (χ4v) is 8.67. The number of ether oxygens (including phenoxy) is 2. The van der Waals surface area contributed by atoms with Crippen molar-refractivity contribution in [3.05, 3.63) is 149 Å². The van der Waals surface area contributed by atoms with E-state index >= 15 is 0 Å². The van der Waals surface area contributed by atoms with E-state index in [2.05, 4.69) is 130 Å². The molecule has 1 heterocycles. The fourth-order valence-electron chi connectivity index (χ4n) is 8.67. The zero-order valence-electron chi connectivity index (χ0n) is 31.8. The summed E-state index contributed by atoms with van der Waals surface area (Å²) in [6, 6.07) is 40.6. The molecule has 0 aliphatic heterocycles. The molecule has 6 aromatic rings. The van der Waals surface area contributed by atoms with E-state index in [1.165, 1.54) is 105 Å². The molecule has 1 unspecified atom stereocenters. The third kappa shape index (κ3) is 6.24. The summed E-state index contributed by atoms with van der Waals surface area (Å²) in [7, 11) is 0. The highest BCUT2D eigenvalue weighted by molar-refractivity contribution is 5.97. The molecule has 5 aromatic carbocycles. The number of nitrogens with zero attached hydrogens (tertiary/aromatic N) is 1. The van der Waals surface area contributed by atoms with Gasteiger partial charge in [-0.25, -0.2) is 0 Å². The molecule has 53 heavy (non-hydrogen) atoms. The van der Waals surface area contributed by atoms with Gasteiger partial charge in [0.15, 0.2) is 11.5 Å². The smallest absolute Gasteiger partial charge is 0.161 e. The Morgan fingerprint density at radius 3 is 1.85 bits per heavy atom. The van der Waals surface area contributed by atoms with E-state index in [0.29, 0.717) is 13.2 Å². The van der Waals surface area contributed by atoms with Crippen LogP contribution in [0, 0.1) is 13.8 Å². The highest BCUT2D eigenvalue weighted by Gasteiger charge is 2.52. The van der Waals surface area contributed by atoms with E-state index < -0.39 is 5.41 Å². The predicted molar refractivity (Wildman–Crippen MR) is 220 cm³/mol. The summed E-state index contributed by atoms with van der Waals surface area (Å²) in [4.78, 5) is 4.63. The average Bonchev–Trinajstić information content (AvgIpc) is 3.63. The zero-order valence-corrected chi connectivity index (χ0v) is 31.8. The molecule has 0 saturated heterocycles. The number of pyridine rings is 1. The maximum absolute atomic E-state index is 6.71. The topological polar surface area (TPSA) is 31.4 Å². The van der Waals surface area contributed by atoms with Gasteiger partial charge in [0.2, 0.25) is 0 Å². The van der Waals surface area contributed by atoms with E-state index in [1.807, 2.05) is 18.3 Å². The molecule has 0 bridgehead atoms. The largest absolute Gasteiger partial charge is 0.490 e. The first-order valence-electron chi connectivity index (χ1n) is 19.9. The maximum Gasteiger partial charge on any atom is 0.161 e. The summed E-state index contributed by atoms with van der Waals surface area (Å²) in [5.41, 5.74) is 17.1. The number of hydrogen-bond acceptors (Lipinski definition) is 3. The summed E-state index contributed by atoms with van der Waals surface area (Å²) >= 11 is 0. The van der Waals surface area contributed by atoms with E-state index in [9.17, 15) is 0 Å². The van der Waals surface area contributed by atoms with E-state index in [4.69, 9.17) is 9.47 Å². The number of aryl methyl sites for hydroxylation is 2. The average molecular weight is 698 g/mol. The van der Waals surface area contributed by atoms with E-state index in [1.54, 1.807) is 0 Å². The van der Waals surface area contributed by atoms with Crippen molar-refractivity contribution in [3.63, 3.8) is 0 Å². The zero-order chi connectivity index (χ0) is 36.4. The van der Waals surface area contributed by atoms with Gasteiger partial charge < -0.3 is 9.47 Å². The lowest BCUT2D eigenvalue weighted by Gasteiger charge is -2.31. The summed E-state index contributed by atoms with van der Waals surface area (Å²) in [6.45, 7) is 10.4. The molecule has 268 valence electrons. The van der Waals surface area contributed by atoms with Gasteiger partial charge in [-0.3, -0.25) is 4.98 Å². The Kier molecular flexibility index (Phi) is 9.92. The van der Waals surface area contributed by atoms with Gasteiger partial charge in [0.1, 0.15) is 0 Å². The molecular weight excluding hydrogens is 647 g/mol. The number of unbranched alkanes of at least 4 members (excludes halogenated alkanes) is 6. The van der Waals surface area contributed by atoms with Crippen LogP contribution in [0.25, 0.3) is 44.6 Å². The van der Waals surface area contributed by atoms with Gasteiger partial charge in [-0.2, -0.15) is 0 Å². The summed E-state index contributed by atoms with van der Waals surface area (Å²) in [5, 5.41) is 0. The molecule has 1 atom stereocenters. The molecule has 0 amide bonds. The Hall–Kier alpha value is -5.15. The standard InChI is InChI=1S/C50H51NO2/c1-5-7-9-15-26-52-48-32-42-40-28-34(3)35(4)29-45(40)50(46(42)33-49(48)53-27-16-10-8-6-2)43-21-12-11-20-39(43)41-31-37(23-24-44(41)50)36-18-17-19-38(30-36)47-22-13-14-25-51-47/h11-14,17-25,28-33H,5-10,15-16,26-27H2,1-4H3. The van der Waals surface area contributed by atoms with Crippen LogP contribution in [0.3, 0.4) is 0 Å². The lowest BCUT2D eigenvalue weighted by molar-refractivity contribution is 0.258. The minimum Gasteiger partial charge on any atom is -0.490 e. The Morgan fingerprint density at radius 1 is 0.472 bits per heavy atom. The van der Waals surface area contributed by atoms with Crippen LogP contribution < -0.4 is 9.47 Å². The number of aromatic nitrogens is 1. The van der Waals surface area contributed by atoms with Gasteiger partial charge in [0, 0.05) is 11.8 Å². The van der Waals surface area contributed by atoms with E-state index in [0.717, 1.165) is 35.6 Å². The second kappa shape index (κ2) is 15.1. The van der Waals surface area contributed by atoms with Crippen LogP contribution in [0.2, 0.25) is 0 Å². The normalized spacial score (nSPS) is 14.9. The molecule has 0 fully saturated rings. The molecule has 1 spiro atoms. The van der Waals surface area contributed by atoms with Gasteiger partial charge >= 0.3 is 0 Å². The molecule has 0 N–H and O–H groups in total. The van der Waals surface area contributed by atoms with Crippen LogP contribution in [0.1, 0.15) is 98.6 Å². The van der Waals surface area contributed by atoms with Gasteiger partial charge in [0.05, 0.1) is 24.3 Å². The van der Waals surface area contributed by atoms with Crippen molar-refractivity contribution >= 4 is 0 Å².